The number of ether oxygens (including phenoxy) is 2. The van der Waals surface area contributed by atoms with Crippen molar-refractivity contribution in [3.05, 3.63) is 41.4 Å². The molecule has 1 aliphatic carbocycles. The van der Waals surface area contributed by atoms with Gasteiger partial charge >= 0.3 is 6.01 Å². The highest BCUT2D eigenvalue weighted by atomic mass is 16.5. The summed E-state index contributed by atoms with van der Waals surface area (Å²) >= 11 is 0. The summed E-state index contributed by atoms with van der Waals surface area (Å²) < 4.78 is 12.6. The summed E-state index contributed by atoms with van der Waals surface area (Å²) in [5, 5.41) is 9.94. The number of nitrogens with zero attached hydrogens (tertiary/aromatic N) is 5. The van der Waals surface area contributed by atoms with Gasteiger partial charge < -0.3 is 14.8 Å². The highest BCUT2D eigenvalue weighted by Gasteiger charge is 2.26. The molecule has 31 heavy (non-hydrogen) atoms. The minimum Gasteiger partial charge on any atom is -0.497 e. The number of carbonyl (C=O) groups is 2. The van der Waals surface area contributed by atoms with E-state index in [0.29, 0.717) is 40.2 Å². The van der Waals surface area contributed by atoms with Crippen LogP contribution >= 0.6 is 0 Å². The van der Waals surface area contributed by atoms with Crippen LogP contribution in [0.15, 0.2) is 30.1 Å². The molecule has 5 rings (SSSR count). The summed E-state index contributed by atoms with van der Waals surface area (Å²) in [7, 11) is 1.58. The number of hydrogen-bond acceptors (Lipinski definition) is 9. The van der Waals surface area contributed by atoms with Crippen LogP contribution < -0.4 is 20.1 Å². The van der Waals surface area contributed by atoms with Crippen molar-refractivity contribution < 1.29 is 19.1 Å². The Morgan fingerprint density at radius 1 is 1.32 bits per heavy atom. The average molecular weight is 421 g/mol. The molecule has 1 saturated carbocycles. The fourth-order valence-corrected chi connectivity index (χ4v) is 3.15. The quantitative estimate of drug-likeness (QED) is 0.425. The van der Waals surface area contributed by atoms with Crippen molar-refractivity contribution in [2.45, 2.75) is 31.9 Å². The molecule has 2 N–H and O–H groups in total. The van der Waals surface area contributed by atoms with Gasteiger partial charge in [-0.2, -0.15) is 19.6 Å². The van der Waals surface area contributed by atoms with E-state index in [2.05, 4.69) is 30.7 Å². The maximum Gasteiger partial charge on any atom is 0.322 e. The van der Waals surface area contributed by atoms with E-state index in [0.717, 1.165) is 12.8 Å². The molecule has 0 radical (unpaired) electrons. The van der Waals surface area contributed by atoms with Crippen LogP contribution in [0.25, 0.3) is 11.7 Å². The molecule has 0 bridgehead atoms. The predicted molar refractivity (Wildman–Crippen MR) is 108 cm³/mol. The number of aromatic nitrogens is 5. The molecule has 1 aliphatic heterocycles. The van der Waals surface area contributed by atoms with E-state index < -0.39 is 5.91 Å². The summed E-state index contributed by atoms with van der Waals surface area (Å²) in [5.74, 6) is 0.441. The van der Waals surface area contributed by atoms with E-state index in [-0.39, 0.29) is 24.9 Å². The van der Waals surface area contributed by atoms with Crippen LogP contribution in [-0.2, 0) is 16.2 Å². The summed E-state index contributed by atoms with van der Waals surface area (Å²) in [5.41, 5.74) is 2.08. The molecule has 0 atom stereocenters. The van der Waals surface area contributed by atoms with Gasteiger partial charge in [-0.25, -0.2) is 0 Å². The number of imide groups is 1. The fraction of sp³-hybridized carbons (Fsp3) is 0.300. The van der Waals surface area contributed by atoms with E-state index in [9.17, 15) is 9.59 Å². The minimum absolute atomic E-state index is 0.0271. The number of fused-ring (bicyclic) bond motifs is 1. The molecule has 158 valence electrons. The molecule has 2 aliphatic rings. The number of nitrogens with one attached hydrogen (secondary N) is 2. The first-order valence-corrected chi connectivity index (χ1v) is 9.78. The number of pyridine rings is 1. The standard InChI is InChI=1S/C20H19N7O4/c1-30-15-4-5-21-14(8-15)10-31-20-25-17-12(6-11-7-16(28)24-18(11)29)9-22-27(17)19(26-20)23-13-2-3-13/h4-6,8-9,13H,2-3,7,10H2,1H3,(H,23,25,26)(H,24,28,29)/b11-6+. The molecule has 11 nitrogen and oxygen atoms in total. The van der Waals surface area contributed by atoms with Gasteiger partial charge in [0.15, 0.2) is 5.65 Å². The lowest BCUT2D eigenvalue weighted by Crippen LogP contribution is -2.19. The number of carbonyl (C=O) groups excluding carboxylic acids is 2. The van der Waals surface area contributed by atoms with Crippen molar-refractivity contribution in [2.75, 3.05) is 12.4 Å². The summed E-state index contributed by atoms with van der Waals surface area (Å²) in [6, 6.07) is 3.99. The first kappa shape index (κ1) is 19.0. The summed E-state index contributed by atoms with van der Waals surface area (Å²) in [4.78, 5) is 36.6. The normalized spacial score (nSPS) is 17.3. The van der Waals surface area contributed by atoms with Gasteiger partial charge in [-0.15, -0.1) is 0 Å². The molecule has 4 heterocycles. The highest BCUT2D eigenvalue weighted by molar-refractivity contribution is 6.15. The van der Waals surface area contributed by atoms with E-state index in [1.54, 1.807) is 42.2 Å². The first-order valence-electron chi connectivity index (χ1n) is 9.78. The van der Waals surface area contributed by atoms with Gasteiger partial charge in [0.25, 0.3) is 5.91 Å². The van der Waals surface area contributed by atoms with Crippen LogP contribution in [0.3, 0.4) is 0 Å². The van der Waals surface area contributed by atoms with Gasteiger partial charge in [0.05, 0.1) is 25.4 Å². The molecular formula is C20H19N7O4. The van der Waals surface area contributed by atoms with Crippen LogP contribution in [0.2, 0.25) is 0 Å². The van der Waals surface area contributed by atoms with Gasteiger partial charge in [0.2, 0.25) is 11.9 Å². The van der Waals surface area contributed by atoms with Gasteiger partial charge in [-0.1, -0.05) is 0 Å². The second-order valence-corrected chi connectivity index (χ2v) is 7.28. The third-order valence-corrected chi connectivity index (χ3v) is 4.88. The Morgan fingerprint density at radius 3 is 2.94 bits per heavy atom. The third-order valence-electron chi connectivity index (χ3n) is 4.88. The smallest absolute Gasteiger partial charge is 0.322 e. The minimum atomic E-state index is -0.407. The number of anilines is 1. The monoisotopic (exact) mass is 421 g/mol. The summed E-state index contributed by atoms with van der Waals surface area (Å²) in [6.45, 7) is 0.151. The van der Waals surface area contributed by atoms with Gasteiger partial charge in [0.1, 0.15) is 12.4 Å². The highest BCUT2D eigenvalue weighted by Crippen LogP contribution is 2.26. The second kappa shape index (κ2) is 7.67. The van der Waals surface area contributed by atoms with Crippen molar-refractivity contribution in [2.24, 2.45) is 0 Å². The number of hydrogen-bond donors (Lipinski definition) is 2. The first-order chi connectivity index (χ1) is 15.1. The molecule has 0 unspecified atom stereocenters. The van der Waals surface area contributed by atoms with Crippen LogP contribution in [0.4, 0.5) is 5.95 Å². The topological polar surface area (TPSA) is 133 Å². The van der Waals surface area contributed by atoms with Crippen LogP contribution in [0, 0.1) is 0 Å². The van der Waals surface area contributed by atoms with E-state index in [1.165, 1.54) is 0 Å². The predicted octanol–water partition coefficient (Wildman–Crippen LogP) is 1.11. The van der Waals surface area contributed by atoms with Crippen molar-refractivity contribution in [1.82, 2.24) is 29.9 Å². The molecule has 0 aromatic carbocycles. The van der Waals surface area contributed by atoms with E-state index in [4.69, 9.17) is 9.47 Å². The zero-order valence-electron chi connectivity index (χ0n) is 16.7. The Labute approximate surface area is 176 Å². The molecule has 2 amide bonds. The Morgan fingerprint density at radius 2 is 2.19 bits per heavy atom. The Bertz CT molecular complexity index is 1220. The maximum atomic E-state index is 11.9. The fourth-order valence-electron chi connectivity index (χ4n) is 3.15. The van der Waals surface area contributed by atoms with Crippen LogP contribution in [0.5, 0.6) is 11.8 Å². The SMILES string of the molecule is COc1ccnc(COc2nc(NC3CC3)n3ncc(/C=C4\CC(=O)NC4=O)c3n2)c1. The summed E-state index contributed by atoms with van der Waals surface area (Å²) in [6.07, 6.45) is 6.96. The molecule has 0 spiro atoms. The molecular weight excluding hydrogens is 402 g/mol. The Balaban J connectivity index is 1.48. The van der Waals surface area contributed by atoms with Gasteiger partial charge in [-0.05, 0) is 25.0 Å². The number of methoxy groups -OCH3 is 1. The van der Waals surface area contributed by atoms with E-state index >= 15 is 0 Å². The molecule has 2 fully saturated rings. The van der Waals surface area contributed by atoms with Crippen LogP contribution in [-0.4, -0.2) is 49.5 Å². The Hall–Kier alpha value is -4.02. The number of rotatable bonds is 7. The second-order valence-electron chi connectivity index (χ2n) is 7.28. The van der Waals surface area contributed by atoms with Crippen LogP contribution in [0.1, 0.15) is 30.5 Å². The van der Waals surface area contributed by atoms with Crippen molar-refractivity contribution in [3.63, 3.8) is 0 Å². The molecule has 11 heteroatoms. The zero-order chi connectivity index (χ0) is 21.4. The van der Waals surface area contributed by atoms with Crippen molar-refractivity contribution in [1.29, 1.82) is 0 Å². The molecule has 3 aromatic rings. The lowest BCUT2D eigenvalue weighted by Gasteiger charge is -2.10. The molecule has 1 saturated heterocycles. The lowest BCUT2D eigenvalue weighted by molar-refractivity contribution is -0.124. The van der Waals surface area contributed by atoms with Crippen molar-refractivity contribution >= 4 is 29.5 Å². The maximum absolute atomic E-state index is 11.9. The van der Waals surface area contributed by atoms with Gasteiger partial charge in [0, 0.05) is 29.4 Å². The third kappa shape index (κ3) is 4.02. The van der Waals surface area contributed by atoms with Crippen molar-refractivity contribution in [3.8, 4) is 11.8 Å². The number of amides is 2. The largest absolute Gasteiger partial charge is 0.497 e. The van der Waals surface area contributed by atoms with Gasteiger partial charge in [-0.3, -0.25) is 19.9 Å². The lowest BCUT2D eigenvalue weighted by atomic mass is 10.1. The zero-order valence-corrected chi connectivity index (χ0v) is 16.7. The average Bonchev–Trinajstić information content (AvgIpc) is 3.41. The van der Waals surface area contributed by atoms with E-state index in [1.807, 2.05) is 0 Å². The Kier molecular flexibility index (Phi) is 4.69. The molecule has 3 aromatic heterocycles.